The lowest BCUT2D eigenvalue weighted by molar-refractivity contribution is 0.324. The average molecular weight is 486 g/mol. The van der Waals surface area contributed by atoms with Crippen molar-refractivity contribution in [2.24, 2.45) is 10.1 Å². The molecule has 2 aromatic carbocycles. The highest BCUT2D eigenvalue weighted by Gasteiger charge is 2.17. The van der Waals surface area contributed by atoms with Crippen LogP contribution in [0.3, 0.4) is 0 Å². The third-order valence-corrected chi connectivity index (χ3v) is 6.27. The van der Waals surface area contributed by atoms with Gasteiger partial charge in [0, 0.05) is 39.8 Å². The summed E-state index contributed by atoms with van der Waals surface area (Å²) in [6.07, 6.45) is 7.21. The summed E-state index contributed by atoms with van der Waals surface area (Å²) in [6.45, 7) is 0. The van der Waals surface area contributed by atoms with Crippen molar-refractivity contribution in [2.75, 3.05) is 21.3 Å². The molecular weight excluding hydrogens is 462 g/mol. The van der Waals surface area contributed by atoms with Crippen LogP contribution in [0.15, 0.2) is 82.6 Å². The molecule has 0 aliphatic carbocycles. The number of methoxy groups -OCH3 is 3. The molecule has 3 heterocycles. The van der Waals surface area contributed by atoms with Gasteiger partial charge < -0.3 is 19.2 Å². The fraction of sp³-hybridized carbons (Fsp3) is 0.115. The predicted molar refractivity (Wildman–Crippen MR) is 138 cm³/mol. The SMILES string of the molecule is COc1cc(-c2csc(=Nc3cccnc3)n2N=Cc2c[nH]c3ccccc23)cc(OC)c1OC. The fourth-order valence-corrected chi connectivity index (χ4v) is 4.62. The molecule has 0 unspecified atom stereocenters. The van der Waals surface area contributed by atoms with Crippen molar-refractivity contribution in [3.63, 3.8) is 0 Å². The summed E-state index contributed by atoms with van der Waals surface area (Å²) >= 11 is 1.48. The van der Waals surface area contributed by atoms with Crippen LogP contribution in [-0.2, 0) is 0 Å². The van der Waals surface area contributed by atoms with E-state index in [1.807, 2.05) is 60.3 Å². The molecule has 0 aliphatic heterocycles. The summed E-state index contributed by atoms with van der Waals surface area (Å²) in [4.78, 5) is 12.9. The summed E-state index contributed by atoms with van der Waals surface area (Å²) in [5.74, 6) is 1.65. The maximum absolute atomic E-state index is 5.57. The van der Waals surface area contributed by atoms with Crippen molar-refractivity contribution >= 4 is 34.1 Å². The highest BCUT2D eigenvalue weighted by atomic mass is 32.1. The first kappa shape index (κ1) is 22.4. The number of rotatable bonds is 7. The molecule has 0 spiro atoms. The van der Waals surface area contributed by atoms with Crippen LogP contribution in [0.1, 0.15) is 5.56 Å². The minimum Gasteiger partial charge on any atom is -0.493 e. The number of H-pyrrole nitrogens is 1. The highest BCUT2D eigenvalue weighted by Crippen LogP contribution is 2.41. The monoisotopic (exact) mass is 485 g/mol. The third kappa shape index (κ3) is 4.41. The van der Waals surface area contributed by atoms with Crippen molar-refractivity contribution in [3.8, 4) is 28.5 Å². The van der Waals surface area contributed by atoms with Gasteiger partial charge in [-0.05, 0) is 30.3 Å². The van der Waals surface area contributed by atoms with Gasteiger partial charge in [-0.15, -0.1) is 11.3 Å². The number of aromatic nitrogens is 3. The first-order valence-electron chi connectivity index (χ1n) is 10.8. The van der Waals surface area contributed by atoms with Crippen LogP contribution < -0.4 is 19.0 Å². The number of aromatic amines is 1. The van der Waals surface area contributed by atoms with Crippen LogP contribution in [0.4, 0.5) is 5.69 Å². The predicted octanol–water partition coefficient (Wildman–Crippen LogP) is 5.23. The molecule has 0 amide bonds. The lowest BCUT2D eigenvalue weighted by Crippen LogP contribution is -2.11. The number of hydrogen-bond donors (Lipinski definition) is 1. The number of nitrogens with zero attached hydrogens (tertiary/aromatic N) is 4. The molecule has 176 valence electrons. The normalized spacial score (nSPS) is 11.9. The molecule has 1 N–H and O–H groups in total. The van der Waals surface area contributed by atoms with Crippen LogP contribution in [0.25, 0.3) is 22.2 Å². The van der Waals surface area contributed by atoms with Gasteiger partial charge in [0.2, 0.25) is 10.6 Å². The Labute approximate surface area is 205 Å². The summed E-state index contributed by atoms with van der Waals surface area (Å²) in [5.41, 5.74) is 4.44. The first-order valence-corrected chi connectivity index (χ1v) is 11.7. The van der Waals surface area contributed by atoms with Crippen LogP contribution in [0.5, 0.6) is 17.2 Å². The van der Waals surface area contributed by atoms with Gasteiger partial charge in [-0.25, -0.2) is 9.67 Å². The second kappa shape index (κ2) is 9.86. The lowest BCUT2D eigenvalue weighted by atomic mass is 10.1. The maximum Gasteiger partial charge on any atom is 0.211 e. The molecule has 0 saturated carbocycles. The zero-order chi connectivity index (χ0) is 24.2. The van der Waals surface area contributed by atoms with E-state index in [1.165, 1.54) is 11.3 Å². The van der Waals surface area contributed by atoms with Crippen molar-refractivity contribution in [3.05, 3.63) is 82.9 Å². The number of pyridine rings is 1. The van der Waals surface area contributed by atoms with Crippen molar-refractivity contribution in [1.29, 1.82) is 0 Å². The third-order valence-electron chi connectivity index (χ3n) is 5.45. The van der Waals surface area contributed by atoms with Gasteiger partial charge >= 0.3 is 0 Å². The molecule has 9 heteroatoms. The summed E-state index contributed by atoms with van der Waals surface area (Å²) in [5, 5.41) is 7.93. The van der Waals surface area contributed by atoms with Crippen molar-refractivity contribution in [1.82, 2.24) is 14.6 Å². The Bertz CT molecular complexity index is 1540. The lowest BCUT2D eigenvalue weighted by Gasteiger charge is -2.14. The Morgan fingerprint density at radius 1 is 1.00 bits per heavy atom. The molecule has 0 radical (unpaired) electrons. The molecule has 5 aromatic rings. The van der Waals surface area contributed by atoms with E-state index < -0.39 is 0 Å². The van der Waals surface area contributed by atoms with Crippen LogP contribution in [0, 0.1) is 0 Å². The van der Waals surface area contributed by atoms with E-state index in [2.05, 4.69) is 16.0 Å². The van der Waals surface area contributed by atoms with E-state index in [4.69, 9.17) is 24.3 Å². The maximum atomic E-state index is 5.57. The number of fused-ring (bicyclic) bond motifs is 1. The van der Waals surface area contributed by atoms with Crippen LogP contribution >= 0.6 is 11.3 Å². The molecule has 0 aliphatic rings. The fourth-order valence-electron chi connectivity index (χ4n) is 3.77. The van der Waals surface area contributed by atoms with E-state index in [0.29, 0.717) is 22.0 Å². The van der Waals surface area contributed by atoms with Gasteiger partial charge in [0.25, 0.3) is 0 Å². The van der Waals surface area contributed by atoms with E-state index in [-0.39, 0.29) is 0 Å². The zero-order valence-electron chi connectivity index (χ0n) is 19.4. The van der Waals surface area contributed by atoms with E-state index in [1.54, 1.807) is 38.4 Å². The molecule has 5 rings (SSSR count). The second-order valence-corrected chi connectivity index (χ2v) is 8.32. The van der Waals surface area contributed by atoms with Gasteiger partial charge in [-0.2, -0.15) is 5.10 Å². The van der Waals surface area contributed by atoms with Gasteiger partial charge in [0.1, 0.15) is 0 Å². The Morgan fingerprint density at radius 2 is 1.80 bits per heavy atom. The number of nitrogens with one attached hydrogen (secondary N) is 1. The Hall–Kier alpha value is -4.37. The first-order chi connectivity index (χ1) is 17.2. The molecule has 0 bridgehead atoms. The number of para-hydroxylation sites is 1. The Kier molecular flexibility index (Phi) is 6.32. The van der Waals surface area contributed by atoms with Crippen molar-refractivity contribution in [2.45, 2.75) is 0 Å². The average Bonchev–Trinajstić information content (AvgIpc) is 3.50. The van der Waals surface area contributed by atoms with Crippen molar-refractivity contribution < 1.29 is 14.2 Å². The topological polar surface area (TPSA) is 86.0 Å². The quantitative estimate of drug-likeness (QED) is 0.320. The van der Waals surface area contributed by atoms with Crippen LogP contribution in [-0.4, -0.2) is 42.2 Å². The summed E-state index contributed by atoms with van der Waals surface area (Å²) < 4.78 is 18.4. The summed E-state index contributed by atoms with van der Waals surface area (Å²) in [7, 11) is 4.78. The standard InChI is InChI=1S/C26H23N5O3S/c1-32-23-11-17(12-24(33-2)25(23)34-3)22-16-35-26(30-19-7-6-10-27-15-19)31(22)29-14-18-13-28-21-9-5-4-8-20(18)21/h4-16,28H,1-3H3. The molecule has 0 fully saturated rings. The summed E-state index contributed by atoms with van der Waals surface area (Å²) in [6, 6.07) is 15.7. The molecule has 0 saturated heterocycles. The number of ether oxygens (including phenoxy) is 3. The van der Waals surface area contributed by atoms with Gasteiger partial charge in [-0.3, -0.25) is 4.98 Å². The Balaban J connectivity index is 1.69. The van der Waals surface area contributed by atoms with Crippen LogP contribution in [0.2, 0.25) is 0 Å². The molecule has 35 heavy (non-hydrogen) atoms. The van der Waals surface area contributed by atoms with E-state index in [0.717, 1.165) is 33.4 Å². The zero-order valence-corrected chi connectivity index (χ0v) is 20.2. The molecule has 3 aromatic heterocycles. The van der Waals surface area contributed by atoms with Gasteiger partial charge in [-0.1, -0.05) is 18.2 Å². The molecule has 0 atom stereocenters. The van der Waals surface area contributed by atoms with E-state index >= 15 is 0 Å². The minimum atomic E-state index is 0.531. The number of thiazole rings is 1. The number of benzene rings is 2. The Morgan fingerprint density at radius 3 is 2.51 bits per heavy atom. The number of hydrogen-bond acceptors (Lipinski definition) is 7. The largest absolute Gasteiger partial charge is 0.493 e. The smallest absolute Gasteiger partial charge is 0.211 e. The highest BCUT2D eigenvalue weighted by molar-refractivity contribution is 7.07. The minimum absolute atomic E-state index is 0.531. The molecule has 8 nitrogen and oxygen atoms in total. The second-order valence-electron chi connectivity index (χ2n) is 7.49. The van der Waals surface area contributed by atoms with E-state index in [9.17, 15) is 0 Å². The molecular formula is C26H23N5O3S. The van der Waals surface area contributed by atoms with Gasteiger partial charge in [0.05, 0.1) is 45.1 Å². The van der Waals surface area contributed by atoms with Gasteiger partial charge in [0.15, 0.2) is 11.5 Å².